The molecule has 0 fully saturated rings. The van der Waals surface area contributed by atoms with E-state index in [1.807, 2.05) is 6.92 Å². The predicted molar refractivity (Wildman–Crippen MR) is 59.3 cm³/mol. The minimum Gasteiger partial charge on any atom is -0.373 e. The Hall–Kier alpha value is -2.05. The molecule has 2 aromatic rings. The van der Waals surface area contributed by atoms with Crippen molar-refractivity contribution < 1.29 is 13.2 Å². The first-order chi connectivity index (χ1) is 8.61. The van der Waals surface area contributed by atoms with Gasteiger partial charge in [0.1, 0.15) is 23.7 Å². The van der Waals surface area contributed by atoms with Crippen molar-refractivity contribution in [3.8, 4) is 0 Å². The quantitative estimate of drug-likeness (QED) is 0.913. The standard InChI is InChI=1S/C11H11F3N4/c1-2-18-10(16-6-17-18)5-15-11-8(13)3-7(12)4-9(11)14/h3-4,6,15H,2,5H2,1H3. The summed E-state index contributed by atoms with van der Waals surface area (Å²) in [7, 11) is 0. The SMILES string of the molecule is CCn1ncnc1CNc1c(F)cc(F)cc1F. The van der Waals surface area contributed by atoms with E-state index in [0.717, 1.165) is 0 Å². The van der Waals surface area contributed by atoms with Crippen molar-refractivity contribution >= 4 is 5.69 Å². The number of aromatic nitrogens is 3. The molecular formula is C11H11F3N4. The van der Waals surface area contributed by atoms with E-state index in [1.165, 1.54) is 6.33 Å². The van der Waals surface area contributed by atoms with Gasteiger partial charge in [-0.25, -0.2) is 22.8 Å². The second kappa shape index (κ2) is 5.07. The molecule has 0 bridgehead atoms. The van der Waals surface area contributed by atoms with Crippen LogP contribution in [0.1, 0.15) is 12.7 Å². The van der Waals surface area contributed by atoms with Gasteiger partial charge in [0.05, 0.1) is 6.54 Å². The lowest BCUT2D eigenvalue weighted by Crippen LogP contribution is -2.11. The summed E-state index contributed by atoms with van der Waals surface area (Å²) in [5.74, 6) is -2.36. The summed E-state index contributed by atoms with van der Waals surface area (Å²) in [6.07, 6.45) is 1.36. The third-order valence-corrected chi connectivity index (χ3v) is 2.43. The second-order valence-corrected chi connectivity index (χ2v) is 3.59. The number of anilines is 1. The number of nitrogens with zero attached hydrogens (tertiary/aromatic N) is 3. The number of hydrogen-bond donors (Lipinski definition) is 1. The smallest absolute Gasteiger partial charge is 0.152 e. The third-order valence-electron chi connectivity index (χ3n) is 2.43. The van der Waals surface area contributed by atoms with Crippen LogP contribution in [0, 0.1) is 17.5 Å². The molecule has 7 heteroatoms. The Labute approximate surface area is 101 Å². The monoisotopic (exact) mass is 256 g/mol. The van der Waals surface area contributed by atoms with Gasteiger partial charge in [0.15, 0.2) is 11.6 Å². The van der Waals surface area contributed by atoms with Gasteiger partial charge in [-0.15, -0.1) is 0 Å². The van der Waals surface area contributed by atoms with Crippen molar-refractivity contribution in [3.05, 3.63) is 41.7 Å². The highest BCUT2D eigenvalue weighted by Gasteiger charge is 2.12. The van der Waals surface area contributed by atoms with Crippen molar-refractivity contribution in [1.29, 1.82) is 0 Å². The molecule has 0 aliphatic rings. The van der Waals surface area contributed by atoms with Crippen molar-refractivity contribution in [2.45, 2.75) is 20.0 Å². The minimum atomic E-state index is -0.977. The van der Waals surface area contributed by atoms with E-state index in [-0.39, 0.29) is 12.2 Å². The second-order valence-electron chi connectivity index (χ2n) is 3.59. The fraction of sp³-hybridized carbons (Fsp3) is 0.273. The lowest BCUT2D eigenvalue weighted by atomic mass is 10.2. The zero-order valence-electron chi connectivity index (χ0n) is 9.62. The Kier molecular flexibility index (Phi) is 3.50. The number of benzene rings is 1. The topological polar surface area (TPSA) is 42.7 Å². The molecule has 0 saturated carbocycles. The van der Waals surface area contributed by atoms with Gasteiger partial charge in [-0.3, -0.25) is 0 Å². The number of halogens is 3. The molecule has 1 N–H and O–H groups in total. The molecule has 0 saturated heterocycles. The van der Waals surface area contributed by atoms with Crippen molar-refractivity contribution in [2.75, 3.05) is 5.32 Å². The van der Waals surface area contributed by atoms with E-state index in [9.17, 15) is 13.2 Å². The zero-order valence-corrected chi connectivity index (χ0v) is 9.62. The van der Waals surface area contributed by atoms with Crippen LogP contribution in [0.5, 0.6) is 0 Å². The molecular weight excluding hydrogens is 245 g/mol. The Bertz CT molecular complexity index is 530. The Balaban J connectivity index is 2.16. The van der Waals surface area contributed by atoms with E-state index in [2.05, 4.69) is 15.4 Å². The van der Waals surface area contributed by atoms with E-state index in [0.29, 0.717) is 24.5 Å². The fourth-order valence-corrected chi connectivity index (χ4v) is 1.57. The van der Waals surface area contributed by atoms with Crippen molar-refractivity contribution in [2.24, 2.45) is 0 Å². The van der Waals surface area contributed by atoms with Crippen molar-refractivity contribution in [1.82, 2.24) is 14.8 Å². The van der Waals surface area contributed by atoms with Gasteiger partial charge in [0, 0.05) is 18.7 Å². The maximum absolute atomic E-state index is 13.3. The molecule has 4 nitrogen and oxygen atoms in total. The fourth-order valence-electron chi connectivity index (χ4n) is 1.57. The van der Waals surface area contributed by atoms with E-state index >= 15 is 0 Å². The van der Waals surface area contributed by atoms with Crippen molar-refractivity contribution in [3.63, 3.8) is 0 Å². The summed E-state index contributed by atoms with van der Waals surface area (Å²) < 4.78 is 41.0. The van der Waals surface area contributed by atoms with Crippen LogP contribution >= 0.6 is 0 Å². The molecule has 0 atom stereocenters. The molecule has 1 heterocycles. The van der Waals surface area contributed by atoms with Gasteiger partial charge < -0.3 is 5.32 Å². The largest absolute Gasteiger partial charge is 0.373 e. The zero-order chi connectivity index (χ0) is 13.1. The van der Waals surface area contributed by atoms with Crippen LogP contribution in [0.15, 0.2) is 18.5 Å². The average molecular weight is 256 g/mol. The molecule has 96 valence electrons. The third kappa shape index (κ3) is 2.44. The van der Waals surface area contributed by atoms with Crippen LogP contribution in [0.4, 0.5) is 18.9 Å². The molecule has 2 rings (SSSR count). The number of hydrogen-bond acceptors (Lipinski definition) is 3. The first kappa shape index (κ1) is 12.4. The number of aryl methyl sites for hydroxylation is 1. The van der Waals surface area contributed by atoms with E-state index < -0.39 is 17.5 Å². The molecule has 18 heavy (non-hydrogen) atoms. The van der Waals surface area contributed by atoms with Gasteiger partial charge in [-0.2, -0.15) is 5.10 Å². The molecule has 1 aromatic heterocycles. The van der Waals surface area contributed by atoms with Gasteiger partial charge in [-0.05, 0) is 6.92 Å². The van der Waals surface area contributed by atoms with Crippen LogP contribution in [-0.4, -0.2) is 14.8 Å². The Morgan fingerprint density at radius 2 is 1.89 bits per heavy atom. The van der Waals surface area contributed by atoms with Gasteiger partial charge in [-0.1, -0.05) is 0 Å². The van der Waals surface area contributed by atoms with Crippen LogP contribution < -0.4 is 5.32 Å². The van der Waals surface area contributed by atoms with E-state index in [4.69, 9.17) is 0 Å². The van der Waals surface area contributed by atoms with Crippen LogP contribution in [-0.2, 0) is 13.1 Å². The lowest BCUT2D eigenvalue weighted by molar-refractivity contribution is 0.546. The predicted octanol–water partition coefficient (Wildman–Crippen LogP) is 2.33. The molecule has 0 aliphatic heterocycles. The maximum atomic E-state index is 13.3. The van der Waals surface area contributed by atoms with Crippen LogP contribution in [0.25, 0.3) is 0 Å². The highest BCUT2D eigenvalue weighted by Crippen LogP contribution is 2.20. The van der Waals surface area contributed by atoms with Gasteiger partial charge >= 0.3 is 0 Å². The average Bonchev–Trinajstić information content (AvgIpc) is 2.75. The van der Waals surface area contributed by atoms with Gasteiger partial charge in [0.25, 0.3) is 0 Å². The maximum Gasteiger partial charge on any atom is 0.152 e. The molecule has 0 radical (unpaired) electrons. The van der Waals surface area contributed by atoms with Gasteiger partial charge in [0.2, 0.25) is 0 Å². The number of nitrogens with one attached hydrogen (secondary N) is 1. The van der Waals surface area contributed by atoms with Crippen LogP contribution in [0.3, 0.4) is 0 Å². The lowest BCUT2D eigenvalue weighted by Gasteiger charge is -2.09. The first-order valence-corrected chi connectivity index (χ1v) is 5.37. The molecule has 0 spiro atoms. The summed E-state index contributed by atoms with van der Waals surface area (Å²) in [4.78, 5) is 3.95. The Morgan fingerprint density at radius 3 is 2.50 bits per heavy atom. The minimum absolute atomic E-state index is 0.104. The summed E-state index contributed by atoms with van der Waals surface area (Å²) in [5, 5.41) is 6.47. The molecule has 0 unspecified atom stereocenters. The molecule has 0 amide bonds. The number of rotatable bonds is 4. The summed E-state index contributed by atoms with van der Waals surface area (Å²) >= 11 is 0. The summed E-state index contributed by atoms with van der Waals surface area (Å²) in [6.45, 7) is 2.58. The van der Waals surface area contributed by atoms with E-state index in [1.54, 1.807) is 4.68 Å². The van der Waals surface area contributed by atoms with Crippen LogP contribution in [0.2, 0.25) is 0 Å². The first-order valence-electron chi connectivity index (χ1n) is 5.37. The molecule has 0 aliphatic carbocycles. The Morgan fingerprint density at radius 1 is 1.22 bits per heavy atom. The normalized spacial score (nSPS) is 10.7. The summed E-state index contributed by atoms with van der Waals surface area (Å²) in [6, 6.07) is 1.24. The highest BCUT2D eigenvalue weighted by atomic mass is 19.1. The molecule has 1 aromatic carbocycles. The highest BCUT2D eigenvalue weighted by molar-refractivity contribution is 5.46. The summed E-state index contributed by atoms with van der Waals surface area (Å²) in [5.41, 5.74) is -0.373.